The molecule has 1 unspecified atom stereocenters. The van der Waals surface area contributed by atoms with Gasteiger partial charge in [0.1, 0.15) is 6.04 Å². The van der Waals surface area contributed by atoms with Crippen molar-refractivity contribution >= 4 is 12.0 Å². The van der Waals surface area contributed by atoms with E-state index in [0.29, 0.717) is 26.4 Å². The van der Waals surface area contributed by atoms with Gasteiger partial charge in [-0.1, -0.05) is 0 Å². The van der Waals surface area contributed by atoms with Crippen LogP contribution in [-0.4, -0.2) is 68.6 Å². The standard InChI is InChI=1S/C12H24N2O5/c1-10(11(15)16)14(2)12(17)13-6-4-5-7-19-9-8-18-3/h10H,4-9H2,1-3H3,(H,13,17)(H,15,16). The molecule has 7 heteroatoms. The number of carbonyl (C=O) groups is 2. The monoisotopic (exact) mass is 276 g/mol. The van der Waals surface area contributed by atoms with Gasteiger partial charge in [0.15, 0.2) is 0 Å². The number of ether oxygens (including phenoxy) is 2. The molecular weight excluding hydrogens is 252 g/mol. The smallest absolute Gasteiger partial charge is 0.326 e. The molecule has 0 aromatic heterocycles. The van der Waals surface area contributed by atoms with Crippen molar-refractivity contribution in [1.29, 1.82) is 0 Å². The molecule has 0 saturated heterocycles. The van der Waals surface area contributed by atoms with E-state index < -0.39 is 12.0 Å². The fourth-order valence-corrected chi connectivity index (χ4v) is 1.24. The second kappa shape index (κ2) is 10.6. The molecule has 0 rings (SSSR count). The predicted octanol–water partition coefficient (Wildman–Crippen LogP) is 0.544. The number of hydrogen-bond donors (Lipinski definition) is 2. The summed E-state index contributed by atoms with van der Waals surface area (Å²) in [6, 6.07) is -1.22. The second-order valence-electron chi connectivity index (χ2n) is 4.17. The van der Waals surface area contributed by atoms with Crippen molar-refractivity contribution in [2.24, 2.45) is 0 Å². The first-order chi connectivity index (χ1) is 9.00. The van der Waals surface area contributed by atoms with Crippen molar-refractivity contribution in [3.63, 3.8) is 0 Å². The molecule has 0 aliphatic carbocycles. The van der Waals surface area contributed by atoms with Crippen LogP contribution in [0.25, 0.3) is 0 Å². The van der Waals surface area contributed by atoms with Crippen LogP contribution >= 0.6 is 0 Å². The summed E-state index contributed by atoms with van der Waals surface area (Å²) in [5.74, 6) is -1.02. The Morgan fingerprint density at radius 1 is 1.26 bits per heavy atom. The SMILES string of the molecule is COCCOCCCCNC(=O)N(C)C(C)C(=O)O. The Balaban J connectivity index is 3.55. The minimum atomic E-state index is -1.02. The van der Waals surface area contributed by atoms with Crippen molar-refractivity contribution in [3.8, 4) is 0 Å². The molecule has 0 aromatic carbocycles. The summed E-state index contributed by atoms with van der Waals surface area (Å²) in [6.45, 7) is 3.74. The first-order valence-corrected chi connectivity index (χ1v) is 6.30. The zero-order valence-electron chi connectivity index (χ0n) is 11.8. The molecule has 2 amide bonds. The highest BCUT2D eigenvalue weighted by Crippen LogP contribution is 1.96. The van der Waals surface area contributed by atoms with Crippen LogP contribution < -0.4 is 5.32 Å². The number of carbonyl (C=O) groups excluding carboxylic acids is 1. The number of rotatable bonds is 10. The van der Waals surface area contributed by atoms with Crippen molar-refractivity contribution in [3.05, 3.63) is 0 Å². The van der Waals surface area contributed by atoms with Gasteiger partial charge in [0, 0.05) is 27.3 Å². The zero-order chi connectivity index (χ0) is 14.7. The Morgan fingerprint density at radius 2 is 1.95 bits per heavy atom. The molecule has 0 radical (unpaired) electrons. The van der Waals surface area contributed by atoms with Crippen LogP contribution in [0.1, 0.15) is 19.8 Å². The van der Waals surface area contributed by atoms with E-state index in [-0.39, 0.29) is 6.03 Å². The van der Waals surface area contributed by atoms with E-state index in [4.69, 9.17) is 14.6 Å². The summed E-state index contributed by atoms with van der Waals surface area (Å²) in [4.78, 5) is 23.4. The van der Waals surface area contributed by atoms with E-state index in [2.05, 4.69) is 5.32 Å². The first kappa shape index (κ1) is 17.7. The maximum Gasteiger partial charge on any atom is 0.326 e. The lowest BCUT2D eigenvalue weighted by molar-refractivity contribution is -0.141. The van der Waals surface area contributed by atoms with Crippen molar-refractivity contribution in [2.75, 3.05) is 40.5 Å². The highest BCUT2D eigenvalue weighted by Gasteiger charge is 2.20. The number of urea groups is 1. The number of carboxylic acids is 1. The maximum atomic E-state index is 11.6. The molecule has 0 aromatic rings. The summed E-state index contributed by atoms with van der Waals surface area (Å²) in [5.41, 5.74) is 0. The lowest BCUT2D eigenvalue weighted by Crippen LogP contribution is -2.45. The third-order valence-corrected chi connectivity index (χ3v) is 2.68. The van der Waals surface area contributed by atoms with Crippen molar-refractivity contribution < 1.29 is 24.2 Å². The average Bonchev–Trinajstić information content (AvgIpc) is 2.39. The molecule has 0 aliphatic heterocycles. The Kier molecular flexibility index (Phi) is 9.82. The second-order valence-corrected chi connectivity index (χ2v) is 4.17. The third-order valence-electron chi connectivity index (χ3n) is 2.68. The van der Waals surface area contributed by atoms with E-state index in [9.17, 15) is 9.59 Å². The van der Waals surface area contributed by atoms with E-state index >= 15 is 0 Å². The maximum absolute atomic E-state index is 11.6. The molecule has 0 heterocycles. The first-order valence-electron chi connectivity index (χ1n) is 6.30. The highest BCUT2D eigenvalue weighted by atomic mass is 16.5. The number of methoxy groups -OCH3 is 1. The number of hydrogen-bond acceptors (Lipinski definition) is 4. The van der Waals surface area contributed by atoms with Gasteiger partial charge < -0.3 is 24.8 Å². The molecule has 0 spiro atoms. The number of aliphatic carboxylic acids is 1. The van der Waals surface area contributed by atoms with Gasteiger partial charge in [-0.2, -0.15) is 0 Å². The fraction of sp³-hybridized carbons (Fsp3) is 0.833. The minimum absolute atomic E-state index is 0.379. The Morgan fingerprint density at radius 3 is 2.53 bits per heavy atom. The molecule has 0 saturated carbocycles. The van der Waals surface area contributed by atoms with E-state index in [0.717, 1.165) is 17.7 Å². The Hall–Kier alpha value is -1.34. The topological polar surface area (TPSA) is 88.1 Å². The van der Waals surface area contributed by atoms with Crippen molar-refractivity contribution in [1.82, 2.24) is 10.2 Å². The van der Waals surface area contributed by atoms with Gasteiger partial charge in [-0.15, -0.1) is 0 Å². The highest BCUT2D eigenvalue weighted by molar-refractivity contribution is 5.82. The van der Waals surface area contributed by atoms with Gasteiger partial charge in [-0.3, -0.25) is 0 Å². The lowest BCUT2D eigenvalue weighted by Gasteiger charge is -2.21. The fourth-order valence-electron chi connectivity index (χ4n) is 1.24. The largest absolute Gasteiger partial charge is 0.480 e. The molecule has 112 valence electrons. The van der Waals surface area contributed by atoms with Crippen LogP contribution in [0, 0.1) is 0 Å². The number of carboxylic acid groups (broad SMARTS) is 1. The zero-order valence-corrected chi connectivity index (χ0v) is 11.8. The van der Waals surface area contributed by atoms with Crippen LogP contribution in [0.2, 0.25) is 0 Å². The van der Waals surface area contributed by atoms with E-state index in [1.165, 1.54) is 14.0 Å². The van der Waals surface area contributed by atoms with Crippen LogP contribution in [0.4, 0.5) is 4.79 Å². The molecule has 0 fully saturated rings. The molecule has 0 aliphatic rings. The van der Waals surface area contributed by atoms with Crippen LogP contribution in [0.3, 0.4) is 0 Å². The van der Waals surface area contributed by atoms with Crippen LogP contribution in [-0.2, 0) is 14.3 Å². The number of nitrogens with one attached hydrogen (secondary N) is 1. The quantitative estimate of drug-likeness (QED) is 0.569. The number of amides is 2. The van der Waals surface area contributed by atoms with Gasteiger partial charge in [-0.05, 0) is 19.8 Å². The summed E-state index contributed by atoms with van der Waals surface area (Å²) in [5, 5.41) is 11.4. The number of nitrogens with zero attached hydrogens (tertiary/aromatic N) is 1. The minimum Gasteiger partial charge on any atom is -0.480 e. The van der Waals surface area contributed by atoms with Gasteiger partial charge in [0.2, 0.25) is 0 Å². The predicted molar refractivity (Wildman–Crippen MR) is 70.2 cm³/mol. The van der Waals surface area contributed by atoms with Gasteiger partial charge in [0.05, 0.1) is 13.2 Å². The summed E-state index contributed by atoms with van der Waals surface area (Å²) in [6.07, 6.45) is 1.62. The average molecular weight is 276 g/mol. The van der Waals surface area contributed by atoms with Gasteiger partial charge in [-0.25, -0.2) is 9.59 Å². The molecule has 0 bridgehead atoms. The summed E-state index contributed by atoms with van der Waals surface area (Å²) < 4.78 is 10.1. The van der Waals surface area contributed by atoms with Crippen molar-refractivity contribution in [2.45, 2.75) is 25.8 Å². The normalized spacial score (nSPS) is 11.9. The Bertz CT molecular complexity index is 273. The molecule has 19 heavy (non-hydrogen) atoms. The molecular formula is C12H24N2O5. The van der Waals surface area contributed by atoms with Crippen LogP contribution in [0.5, 0.6) is 0 Å². The molecule has 1 atom stereocenters. The lowest BCUT2D eigenvalue weighted by atomic mass is 10.3. The molecule has 7 nitrogen and oxygen atoms in total. The van der Waals surface area contributed by atoms with Gasteiger partial charge in [0.25, 0.3) is 0 Å². The number of likely N-dealkylation sites (N-methyl/N-ethyl adjacent to an activating group) is 1. The van der Waals surface area contributed by atoms with E-state index in [1.54, 1.807) is 7.11 Å². The Labute approximate surface area is 113 Å². The summed E-state index contributed by atoms with van der Waals surface area (Å²) >= 11 is 0. The van der Waals surface area contributed by atoms with Gasteiger partial charge >= 0.3 is 12.0 Å². The third kappa shape index (κ3) is 8.39. The summed E-state index contributed by atoms with van der Waals surface area (Å²) in [7, 11) is 3.08. The number of unbranched alkanes of at least 4 members (excludes halogenated alkanes) is 1. The molecule has 2 N–H and O–H groups in total. The van der Waals surface area contributed by atoms with Crippen LogP contribution in [0.15, 0.2) is 0 Å². The van der Waals surface area contributed by atoms with E-state index in [1.807, 2.05) is 0 Å².